The van der Waals surface area contributed by atoms with Gasteiger partial charge < -0.3 is 5.11 Å². The SMILES string of the molecule is C=CC(=O)Cl.C=CC(=O)O. The van der Waals surface area contributed by atoms with Gasteiger partial charge in [0.1, 0.15) is 0 Å². The standard InChI is InChI=1S/C3H3ClO.C3H4O2/c2*1-2-3(4)5/h2H,1H2;2H,1H2,(H,4,5). The smallest absolute Gasteiger partial charge is 0.327 e. The summed E-state index contributed by atoms with van der Waals surface area (Å²) in [5.41, 5.74) is 0. The average molecular weight is 163 g/mol. The van der Waals surface area contributed by atoms with Crippen molar-refractivity contribution in [2.75, 3.05) is 0 Å². The highest BCUT2D eigenvalue weighted by Crippen LogP contribution is 1.74. The fourth-order valence-corrected chi connectivity index (χ4v) is 0. The van der Waals surface area contributed by atoms with Crippen molar-refractivity contribution in [3.05, 3.63) is 25.3 Å². The third-order valence-electron chi connectivity index (χ3n) is 0.335. The first kappa shape index (κ1) is 11.7. The summed E-state index contributed by atoms with van der Waals surface area (Å²) in [6.07, 6.45) is 1.88. The lowest BCUT2D eigenvalue weighted by Crippen LogP contribution is -1.82. The summed E-state index contributed by atoms with van der Waals surface area (Å²) in [6, 6.07) is 0. The molecule has 10 heavy (non-hydrogen) atoms. The van der Waals surface area contributed by atoms with Crippen LogP contribution in [0.1, 0.15) is 0 Å². The Balaban J connectivity index is 0. The minimum atomic E-state index is -0.981. The van der Waals surface area contributed by atoms with Gasteiger partial charge in [-0.3, -0.25) is 4.79 Å². The maximum Gasteiger partial charge on any atom is 0.327 e. The van der Waals surface area contributed by atoms with Gasteiger partial charge in [0, 0.05) is 6.08 Å². The van der Waals surface area contributed by atoms with Crippen LogP contribution in [0.2, 0.25) is 0 Å². The van der Waals surface area contributed by atoms with E-state index in [9.17, 15) is 9.59 Å². The highest BCUT2D eigenvalue weighted by atomic mass is 35.5. The molecule has 56 valence electrons. The Hall–Kier alpha value is -1.09. The Morgan fingerprint density at radius 3 is 1.50 bits per heavy atom. The van der Waals surface area contributed by atoms with Gasteiger partial charge in [0.05, 0.1) is 0 Å². The summed E-state index contributed by atoms with van der Waals surface area (Å²) < 4.78 is 0. The molecule has 0 aromatic carbocycles. The predicted molar refractivity (Wildman–Crippen MR) is 38.9 cm³/mol. The van der Waals surface area contributed by atoms with Crippen LogP contribution in [0.4, 0.5) is 0 Å². The van der Waals surface area contributed by atoms with Gasteiger partial charge in [-0.05, 0) is 17.7 Å². The molecular weight excluding hydrogens is 156 g/mol. The van der Waals surface area contributed by atoms with Crippen LogP contribution >= 0.6 is 11.6 Å². The van der Waals surface area contributed by atoms with Crippen molar-refractivity contribution in [1.29, 1.82) is 0 Å². The number of halogens is 1. The van der Waals surface area contributed by atoms with E-state index in [1.165, 1.54) is 0 Å². The summed E-state index contributed by atoms with van der Waals surface area (Å²) in [6.45, 7) is 6.04. The molecule has 0 atom stereocenters. The molecule has 0 aliphatic carbocycles. The lowest BCUT2D eigenvalue weighted by Gasteiger charge is -1.64. The molecule has 0 rings (SSSR count). The highest BCUT2D eigenvalue weighted by Gasteiger charge is 1.74. The summed E-state index contributed by atoms with van der Waals surface area (Å²) in [5, 5.41) is 7.09. The number of carbonyl (C=O) groups excluding carboxylic acids is 1. The molecule has 0 spiro atoms. The molecule has 1 N–H and O–H groups in total. The van der Waals surface area contributed by atoms with E-state index in [1.54, 1.807) is 0 Å². The Morgan fingerprint density at radius 2 is 1.50 bits per heavy atom. The van der Waals surface area contributed by atoms with Crippen LogP contribution in [-0.4, -0.2) is 16.3 Å². The maximum atomic E-state index is 9.46. The summed E-state index contributed by atoms with van der Waals surface area (Å²) in [5.74, 6) is -0.981. The van der Waals surface area contributed by atoms with Crippen molar-refractivity contribution >= 4 is 22.8 Å². The van der Waals surface area contributed by atoms with E-state index in [2.05, 4.69) is 13.2 Å². The number of carboxylic acids is 1. The van der Waals surface area contributed by atoms with E-state index in [-0.39, 0.29) is 0 Å². The molecule has 0 aliphatic rings. The number of rotatable bonds is 2. The van der Waals surface area contributed by atoms with Crippen molar-refractivity contribution in [2.24, 2.45) is 0 Å². The van der Waals surface area contributed by atoms with Gasteiger partial charge in [0.2, 0.25) is 5.24 Å². The van der Waals surface area contributed by atoms with E-state index in [4.69, 9.17) is 16.7 Å². The number of allylic oxidation sites excluding steroid dienone is 1. The van der Waals surface area contributed by atoms with E-state index in [0.717, 1.165) is 12.2 Å². The van der Waals surface area contributed by atoms with Crippen molar-refractivity contribution in [3.8, 4) is 0 Å². The largest absolute Gasteiger partial charge is 0.478 e. The Labute approximate surface area is 63.6 Å². The van der Waals surface area contributed by atoms with Gasteiger partial charge in [-0.2, -0.15) is 0 Å². The molecule has 0 heterocycles. The zero-order valence-corrected chi connectivity index (χ0v) is 5.97. The topological polar surface area (TPSA) is 54.4 Å². The minimum Gasteiger partial charge on any atom is -0.478 e. The first-order chi connectivity index (χ1) is 4.54. The van der Waals surface area contributed by atoms with Crippen LogP contribution in [0.15, 0.2) is 25.3 Å². The summed E-state index contributed by atoms with van der Waals surface area (Å²) >= 11 is 4.71. The van der Waals surface area contributed by atoms with Crippen molar-refractivity contribution in [2.45, 2.75) is 0 Å². The molecular formula is C6H7ClO3. The summed E-state index contributed by atoms with van der Waals surface area (Å²) in [4.78, 5) is 18.7. The molecule has 0 radical (unpaired) electrons. The molecule has 0 fully saturated rings. The number of carboxylic acid groups (broad SMARTS) is 1. The maximum absolute atomic E-state index is 9.46. The molecule has 0 saturated carbocycles. The quantitative estimate of drug-likeness (QED) is 0.490. The van der Waals surface area contributed by atoms with Crippen molar-refractivity contribution < 1.29 is 14.7 Å². The first-order valence-corrected chi connectivity index (χ1v) is 2.59. The number of carbonyl (C=O) groups is 2. The van der Waals surface area contributed by atoms with E-state index in [0.29, 0.717) is 0 Å². The lowest BCUT2D eigenvalue weighted by molar-refractivity contribution is -0.131. The molecule has 0 aromatic rings. The van der Waals surface area contributed by atoms with Crippen LogP contribution in [0.25, 0.3) is 0 Å². The molecule has 0 unspecified atom stereocenters. The lowest BCUT2D eigenvalue weighted by atomic mass is 10.7. The zero-order chi connectivity index (χ0) is 8.57. The van der Waals surface area contributed by atoms with Crippen molar-refractivity contribution in [1.82, 2.24) is 0 Å². The van der Waals surface area contributed by atoms with Gasteiger partial charge in [-0.15, -0.1) is 0 Å². The van der Waals surface area contributed by atoms with Crippen LogP contribution in [-0.2, 0) is 9.59 Å². The molecule has 0 amide bonds. The molecule has 0 saturated heterocycles. The Bertz CT molecular complexity index is 133. The number of hydrogen-bond acceptors (Lipinski definition) is 2. The normalized spacial score (nSPS) is 6.50. The van der Waals surface area contributed by atoms with Crippen LogP contribution in [0.5, 0.6) is 0 Å². The van der Waals surface area contributed by atoms with Crippen LogP contribution < -0.4 is 0 Å². The fraction of sp³-hybridized carbons (Fsp3) is 0. The minimum absolute atomic E-state index is 0.509. The number of hydrogen-bond donors (Lipinski definition) is 1. The van der Waals surface area contributed by atoms with E-state index in [1.807, 2.05) is 0 Å². The van der Waals surface area contributed by atoms with Gasteiger partial charge >= 0.3 is 5.97 Å². The fourth-order valence-electron chi connectivity index (χ4n) is 0. The molecule has 4 heteroatoms. The average Bonchev–Trinajstić information content (AvgIpc) is 1.89. The molecule has 0 aromatic heterocycles. The Morgan fingerprint density at radius 1 is 1.30 bits per heavy atom. The molecule has 0 aliphatic heterocycles. The van der Waals surface area contributed by atoms with Gasteiger partial charge in [0.25, 0.3) is 0 Å². The second-order valence-electron chi connectivity index (χ2n) is 1.05. The molecule has 0 bridgehead atoms. The van der Waals surface area contributed by atoms with Gasteiger partial charge in [-0.25, -0.2) is 4.79 Å². The Kier molecular flexibility index (Phi) is 9.24. The number of aliphatic carboxylic acids is 1. The summed E-state index contributed by atoms with van der Waals surface area (Å²) in [7, 11) is 0. The van der Waals surface area contributed by atoms with Gasteiger partial charge in [-0.1, -0.05) is 13.2 Å². The second kappa shape index (κ2) is 7.91. The third-order valence-corrected chi connectivity index (χ3v) is 0.489. The molecule has 3 nitrogen and oxygen atoms in total. The monoisotopic (exact) mass is 162 g/mol. The van der Waals surface area contributed by atoms with E-state index >= 15 is 0 Å². The zero-order valence-electron chi connectivity index (χ0n) is 5.21. The second-order valence-corrected chi connectivity index (χ2v) is 1.42. The van der Waals surface area contributed by atoms with Crippen LogP contribution in [0, 0.1) is 0 Å². The van der Waals surface area contributed by atoms with E-state index < -0.39 is 11.2 Å². The first-order valence-electron chi connectivity index (χ1n) is 2.21. The van der Waals surface area contributed by atoms with Crippen molar-refractivity contribution in [3.63, 3.8) is 0 Å². The van der Waals surface area contributed by atoms with Gasteiger partial charge in [0.15, 0.2) is 0 Å². The predicted octanol–water partition coefficient (Wildman–Crippen LogP) is 1.19. The third kappa shape index (κ3) is 28.5. The highest BCUT2D eigenvalue weighted by molar-refractivity contribution is 6.66. The van der Waals surface area contributed by atoms with Crippen LogP contribution in [0.3, 0.4) is 0 Å².